The topological polar surface area (TPSA) is 41.6 Å². The lowest BCUT2D eigenvalue weighted by atomic mass is 10.0. The number of nitrogens with zero attached hydrogens (tertiary/aromatic N) is 3. The van der Waals surface area contributed by atoms with Gasteiger partial charge in [-0.25, -0.2) is 4.98 Å². The Labute approximate surface area is 155 Å². The first-order valence-electron chi connectivity index (χ1n) is 10.8. The number of hydrogen-bond acceptors (Lipinski definition) is 2. The summed E-state index contributed by atoms with van der Waals surface area (Å²) in [5.74, 6) is 1.15. The third kappa shape index (κ3) is 11.8. The summed E-state index contributed by atoms with van der Waals surface area (Å²) in [5.41, 5.74) is 0. The third-order valence-electron chi connectivity index (χ3n) is 5.02. The highest BCUT2D eigenvalue weighted by atomic mass is 15.1. The van der Waals surface area contributed by atoms with Crippen molar-refractivity contribution >= 4 is 0 Å². The van der Waals surface area contributed by atoms with Crippen molar-refractivity contribution in [3.63, 3.8) is 0 Å². The van der Waals surface area contributed by atoms with Gasteiger partial charge in [-0.2, -0.15) is 5.26 Å². The van der Waals surface area contributed by atoms with E-state index in [1.807, 2.05) is 12.4 Å². The van der Waals surface area contributed by atoms with Crippen molar-refractivity contribution in [1.82, 2.24) is 9.55 Å². The van der Waals surface area contributed by atoms with Gasteiger partial charge in [0.2, 0.25) is 0 Å². The average molecular weight is 346 g/mol. The second kappa shape index (κ2) is 16.2. The minimum atomic E-state index is 0.572. The Balaban J connectivity index is 1.85. The van der Waals surface area contributed by atoms with Gasteiger partial charge >= 0.3 is 0 Å². The lowest BCUT2D eigenvalue weighted by molar-refractivity contribution is 0.532. The lowest BCUT2D eigenvalue weighted by Crippen LogP contribution is -2.02. The van der Waals surface area contributed by atoms with Crippen molar-refractivity contribution in [3.05, 3.63) is 18.2 Å². The van der Waals surface area contributed by atoms with Gasteiger partial charge in [-0.05, 0) is 6.42 Å². The van der Waals surface area contributed by atoms with Crippen LogP contribution in [0.3, 0.4) is 0 Å². The molecule has 0 fully saturated rings. The van der Waals surface area contributed by atoms with Crippen LogP contribution in [0.15, 0.2) is 12.4 Å². The van der Waals surface area contributed by atoms with Crippen molar-refractivity contribution in [2.24, 2.45) is 0 Å². The van der Waals surface area contributed by atoms with E-state index in [1.165, 1.54) is 89.9 Å². The van der Waals surface area contributed by atoms with E-state index in [0.717, 1.165) is 18.8 Å². The summed E-state index contributed by atoms with van der Waals surface area (Å²) in [6.07, 6.45) is 25.0. The summed E-state index contributed by atoms with van der Waals surface area (Å²) in [4.78, 5) is 4.42. The Morgan fingerprint density at radius 1 is 0.840 bits per heavy atom. The predicted molar refractivity (Wildman–Crippen MR) is 106 cm³/mol. The Morgan fingerprint density at radius 2 is 1.36 bits per heavy atom. The van der Waals surface area contributed by atoms with Crippen molar-refractivity contribution in [2.75, 3.05) is 0 Å². The molecule has 0 aliphatic rings. The fraction of sp³-hybridized carbons (Fsp3) is 0.818. The van der Waals surface area contributed by atoms with Gasteiger partial charge in [0.1, 0.15) is 5.82 Å². The van der Waals surface area contributed by atoms with Crippen LogP contribution in [0.4, 0.5) is 0 Å². The lowest BCUT2D eigenvalue weighted by Gasteiger charge is -2.06. The summed E-state index contributed by atoms with van der Waals surface area (Å²) in [6.45, 7) is 3.07. The highest BCUT2D eigenvalue weighted by molar-refractivity contribution is 4.93. The zero-order chi connectivity index (χ0) is 18.0. The number of nitriles is 1. The zero-order valence-electron chi connectivity index (χ0n) is 16.5. The molecule has 0 aliphatic carbocycles. The monoisotopic (exact) mass is 345 g/mol. The third-order valence-corrected chi connectivity index (χ3v) is 5.02. The van der Waals surface area contributed by atoms with E-state index in [1.54, 1.807) is 0 Å². The molecule has 1 aromatic rings. The van der Waals surface area contributed by atoms with Crippen molar-refractivity contribution in [2.45, 2.75) is 116 Å². The molecule has 0 saturated heterocycles. The molecule has 0 amide bonds. The molecule has 1 heterocycles. The number of aromatic nitrogens is 2. The molecule has 0 unspecified atom stereocenters. The molecule has 1 rings (SSSR count). The van der Waals surface area contributed by atoms with Crippen LogP contribution < -0.4 is 0 Å². The predicted octanol–water partition coefficient (Wildman–Crippen LogP) is 6.82. The van der Waals surface area contributed by atoms with Gasteiger partial charge in [-0.1, -0.05) is 90.4 Å². The van der Waals surface area contributed by atoms with E-state index in [0.29, 0.717) is 6.42 Å². The Morgan fingerprint density at radius 3 is 1.88 bits per heavy atom. The van der Waals surface area contributed by atoms with Gasteiger partial charge < -0.3 is 4.57 Å². The minimum absolute atomic E-state index is 0.572. The summed E-state index contributed by atoms with van der Waals surface area (Å²) in [6, 6.07) is 2.20. The second-order valence-corrected chi connectivity index (χ2v) is 7.29. The number of aryl methyl sites for hydroxylation is 2. The number of imidazole rings is 1. The smallest absolute Gasteiger partial charge is 0.108 e. The highest BCUT2D eigenvalue weighted by Gasteiger charge is 2.02. The van der Waals surface area contributed by atoms with Crippen molar-refractivity contribution in [3.8, 4) is 6.07 Å². The molecule has 0 aliphatic heterocycles. The first-order valence-corrected chi connectivity index (χ1v) is 10.8. The Bertz CT molecular complexity index is 444. The molecule has 3 nitrogen and oxygen atoms in total. The molecule has 142 valence electrons. The van der Waals surface area contributed by atoms with Crippen molar-refractivity contribution in [1.29, 1.82) is 5.26 Å². The molecule has 0 atom stereocenters. The van der Waals surface area contributed by atoms with Crippen molar-refractivity contribution < 1.29 is 0 Å². The van der Waals surface area contributed by atoms with Gasteiger partial charge in [-0.15, -0.1) is 0 Å². The molecule has 1 aromatic heterocycles. The van der Waals surface area contributed by atoms with Crippen LogP contribution in [0.2, 0.25) is 0 Å². The normalized spacial score (nSPS) is 10.9. The molecular weight excluding hydrogens is 306 g/mol. The largest absolute Gasteiger partial charge is 0.334 e. The van der Waals surface area contributed by atoms with Gasteiger partial charge in [0.15, 0.2) is 0 Å². The van der Waals surface area contributed by atoms with Gasteiger partial charge in [0, 0.05) is 25.4 Å². The average Bonchev–Trinajstić information content (AvgIpc) is 3.07. The summed E-state index contributed by atoms with van der Waals surface area (Å²) in [7, 11) is 0. The maximum Gasteiger partial charge on any atom is 0.108 e. The maximum atomic E-state index is 8.68. The molecule has 0 saturated carbocycles. The number of hydrogen-bond donors (Lipinski definition) is 0. The molecule has 0 bridgehead atoms. The highest BCUT2D eigenvalue weighted by Crippen LogP contribution is 2.13. The van der Waals surface area contributed by atoms with E-state index in [2.05, 4.69) is 22.5 Å². The SMILES string of the molecule is CCCCCCCCCCCCCCCCc1nccn1CCC#N. The molecular formula is C22H39N3. The molecule has 0 radical (unpaired) electrons. The first-order chi connectivity index (χ1) is 12.4. The number of rotatable bonds is 17. The van der Waals surface area contributed by atoms with Crippen LogP contribution in [0, 0.1) is 11.3 Å². The first kappa shape index (κ1) is 21.7. The molecule has 0 aromatic carbocycles. The molecule has 0 spiro atoms. The fourth-order valence-corrected chi connectivity index (χ4v) is 3.42. The maximum absolute atomic E-state index is 8.68. The Hall–Kier alpha value is -1.30. The van der Waals surface area contributed by atoms with E-state index in [-0.39, 0.29) is 0 Å². The van der Waals surface area contributed by atoms with Gasteiger partial charge in [0.05, 0.1) is 12.5 Å². The van der Waals surface area contributed by atoms with E-state index in [9.17, 15) is 0 Å². The standard InChI is InChI=1S/C22H39N3/c1-2-3-4-5-6-7-8-9-10-11-12-13-14-15-17-22-24-19-21-25(22)20-16-18-23/h19,21H,2-17,20H2,1H3. The van der Waals surface area contributed by atoms with Crippen LogP contribution in [-0.4, -0.2) is 9.55 Å². The second-order valence-electron chi connectivity index (χ2n) is 7.29. The van der Waals surface area contributed by atoms with Crippen LogP contribution in [0.25, 0.3) is 0 Å². The van der Waals surface area contributed by atoms with Gasteiger partial charge in [0.25, 0.3) is 0 Å². The van der Waals surface area contributed by atoms with E-state index < -0.39 is 0 Å². The number of unbranched alkanes of at least 4 members (excludes halogenated alkanes) is 13. The van der Waals surface area contributed by atoms with Crippen LogP contribution in [-0.2, 0) is 13.0 Å². The zero-order valence-corrected chi connectivity index (χ0v) is 16.5. The van der Waals surface area contributed by atoms with Crippen LogP contribution in [0.1, 0.15) is 109 Å². The van der Waals surface area contributed by atoms with Crippen LogP contribution in [0.5, 0.6) is 0 Å². The van der Waals surface area contributed by atoms with Gasteiger partial charge in [-0.3, -0.25) is 0 Å². The quantitative estimate of drug-likeness (QED) is 0.291. The van der Waals surface area contributed by atoms with E-state index in [4.69, 9.17) is 5.26 Å². The molecule has 0 N–H and O–H groups in total. The summed E-state index contributed by atoms with van der Waals surface area (Å²) < 4.78 is 2.13. The van der Waals surface area contributed by atoms with Crippen LogP contribution >= 0.6 is 0 Å². The summed E-state index contributed by atoms with van der Waals surface area (Å²) >= 11 is 0. The van der Waals surface area contributed by atoms with E-state index >= 15 is 0 Å². The Kier molecular flexibility index (Phi) is 14.1. The fourth-order valence-electron chi connectivity index (χ4n) is 3.42. The minimum Gasteiger partial charge on any atom is -0.334 e. The summed E-state index contributed by atoms with van der Waals surface area (Å²) in [5, 5.41) is 8.68. The molecule has 3 heteroatoms. The molecule has 25 heavy (non-hydrogen) atoms.